The summed E-state index contributed by atoms with van der Waals surface area (Å²) in [5.41, 5.74) is 0.768. The first-order chi connectivity index (χ1) is 11.0. The maximum absolute atomic E-state index is 12.3. The van der Waals surface area contributed by atoms with Crippen LogP contribution in [0, 0.1) is 0 Å². The number of nitrogens with one attached hydrogen (secondary N) is 1. The van der Waals surface area contributed by atoms with Crippen molar-refractivity contribution >= 4 is 40.6 Å². The average molecular weight is 353 g/mol. The molecule has 0 aliphatic heterocycles. The molecule has 2 rings (SSSR count). The molecule has 0 saturated carbocycles. The van der Waals surface area contributed by atoms with Crippen LogP contribution in [-0.4, -0.2) is 29.5 Å². The quantitative estimate of drug-likeness (QED) is 0.843. The molecule has 0 bridgehead atoms. The molecule has 1 N–H and O–H groups in total. The lowest BCUT2D eigenvalue weighted by molar-refractivity contribution is 0.102. The number of unbranched alkanes of at least 4 members (excludes halogenated alkanes) is 1. The van der Waals surface area contributed by atoms with Gasteiger partial charge in [0.25, 0.3) is 5.91 Å². The molecule has 1 heterocycles. The smallest absolute Gasteiger partial charge is 0.274 e. The Morgan fingerprint density at radius 3 is 2.74 bits per heavy atom. The molecule has 0 spiro atoms. The standard InChI is InChI=1S/C16H18Cl2N4O/c1-3-4-7-22(2)15-9-14(19-10-20-15)16(23)21-13-6-5-11(17)8-12(13)18/h5-6,8-10H,3-4,7H2,1-2H3,(H,21,23). The van der Waals surface area contributed by atoms with E-state index in [2.05, 4.69) is 22.2 Å². The lowest BCUT2D eigenvalue weighted by Gasteiger charge is -2.17. The molecule has 0 aliphatic rings. The monoisotopic (exact) mass is 352 g/mol. The van der Waals surface area contributed by atoms with Crippen LogP contribution < -0.4 is 10.2 Å². The maximum atomic E-state index is 12.3. The summed E-state index contributed by atoms with van der Waals surface area (Å²) in [4.78, 5) is 22.6. The molecule has 5 nitrogen and oxygen atoms in total. The van der Waals surface area contributed by atoms with Crippen LogP contribution in [0.4, 0.5) is 11.5 Å². The highest BCUT2D eigenvalue weighted by Gasteiger charge is 2.12. The summed E-state index contributed by atoms with van der Waals surface area (Å²) in [6.07, 6.45) is 3.54. The van der Waals surface area contributed by atoms with Gasteiger partial charge in [-0.1, -0.05) is 36.5 Å². The molecule has 1 aromatic heterocycles. The van der Waals surface area contributed by atoms with Crippen LogP contribution >= 0.6 is 23.2 Å². The van der Waals surface area contributed by atoms with Gasteiger partial charge in [-0.15, -0.1) is 0 Å². The van der Waals surface area contributed by atoms with E-state index in [-0.39, 0.29) is 11.6 Å². The normalized spacial score (nSPS) is 10.4. The summed E-state index contributed by atoms with van der Waals surface area (Å²) >= 11 is 11.9. The van der Waals surface area contributed by atoms with Crippen LogP contribution in [0.15, 0.2) is 30.6 Å². The van der Waals surface area contributed by atoms with Crippen LogP contribution in [0.3, 0.4) is 0 Å². The number of hydrogen-bond donors (Lipinski definition) is 1. The van der Waals surface area contributed by atoms with E-state index in [4.69, 9.17) is 23.2 Å². The zero-order chi connectivity index (χ0) is 16.8. The first-order valence-electron chi connectivity index (χ1n) is 7.31. The third-order valence-corrected chi connectivity index (χ3v) is 3.85. The van der Waals surface area contributed by atoms with Crippen molar-refractivity contribution in [2.45, 2.75) is 19.8 Å². The summed E-state index contributed by atoms with van der Waals surface area (Å²) in [7, 11) is 1.94. The van der Waals surface area contributed by atoms with Gasteiger partial charge < -0.3 is 10.2 Å². The Balaban J connectivity index is 2.13. The highest BCUT2D eigenvalue weighted by atomic mass is 35.5. The molecule has 0 aliphatic carbocycles. The lowest BCUT2D eigenvalue weighted by atomic mass is 10.3. The minimum Gasteiger partial charge on any atom is -0.360 e. The van der Waals surface area contributed by atoms with Gasteiger partial charge in [-0.2, -0.15) is 0 Å². The van der Waals surface area contributed by atoms with E-state index >= 15 is 0 Å². The van der Waals surface area contributed by atoms with Gasteiger partial charge >= 0.3 is 0 Å². The van der Waals surface area contributed by atoms with Crippen molar-refractivity contribution in [1.82, 2.24) is 9.97 Å². The summed E-state index contributed by atoms with van der Waals surface area (Å²) in [6, 6.07) is 6.54. The Kier molecular flexibility index (Phi) is 6.19. The fraction of sp³-hybridized carbons (Fsp3) is 0.312. The number of carbonyl (C=O) groups excluding carboxylic acids is 1. The first-order valence-corrected chi connectivity index (χ1v) is 8.06. The zero-order valence-corrected chi connectivity index (χ0v) is 14.5. The molecule has 23 heavy (non-hydrogen) atoms. The van der Waals surface area contributed by atoms with Crippen molar-refractivity contribution in [1.29, 1.82) is 0 Å². The van der Waals surface area contributed by atoms with E-state index in [1.807, 2.05) is 11.9 Å². The van der Waals surface area contributed by atoms with Crippen LogP contribution in [0.1, 0.15) is 30.3 Å². The third kappa shape index (κ3) is 4.81. The van der Waals surface area contributed by atoms with Crippen LogP contribution in [0.25, 0.3) is 0 Å². The topological polar surface area (TPSA) is 58.1 Å². The lowest BCUT2D eigenvalue weighted by Crippen LogP contribution is -2.21. The number of aromatic nitrogens is 2. The van der Waals surface area contributed by atoms with Crippen LogP contribution in [-0.2, 0) is 0 Å². The number of nitrogens with zero attached hydrogens (tertiary/aromatic N) is 3. The average Bonchev–Trinajstić information content (AvgIpc) is 2.55. The molecule has 7 heteroatoms. The molecule has 0 radical (unpaired) electrons. The molecule has 2 aromatic rings. The number of rotatable bonds is 6. The second-order valence-electron chi connectivity index (χ2n) is 5.11. The Morgan fingerprint density at radius 1 is 1.26 bits per heavy atom. The van der Waals surface area contributed by atoms with Gasteiger partial charge in [0.2, 0.25) is 0 Å². The van der Waals surface area contributed by atoms with Crippen molar-refractivity contribution in [3.8, 4) is 0 Å². The highest BCUT2D eigenvalue weighted by Crippen LogP contribution is 2.25. The minimum atomic E-state index is -0.346. The van der Waals surface area contributed by atoms with Gasteiger partial charge in [-0.3, -0.25) is 4.79 Å². The van der Waals surface area contributed by atoms with Gasteiger partial charge in [0.05, 0.1) is 10.7 Å². The van der Waals surface area contributed by atoms with Crippen LogP contribution in [0.5, 0.6) is 0 Å². The highest BCUT2D eigenvalue weighted by molar-refractivity contribution is 6.36. The van der Waals surface area contributed by atoms with Crippen molar-refractivity contribution < 1.29 is 4.79 Å². The van der Waals surface area contributed by atoms with E-state index in [0.717, 1.165) is 19.4 Å². The maximum Gasteiger partial charge on any atom is 0.274 e. The van der Waals surface area contributed by atoms with Gasteiger partial charge in [0.15, 0.2) is 0 Å². The minimum absolute atomic E-state index is 0.282. The Bertz CT molecular complexity index is 694. The van der Waals surface area contributed by atoms with Gasteiger partial charge in [-0.25, -0.2) is 9.97 Å². The summed E-state index contributed by atoms with van der Waals surface area (Å²) in [5, 5.41) is 3.61. The number of benzene rings is 1. The number of carbonyl (C=O) groups is 1. The van der Waals surface area contributed by atoms with E-state index < -0.39 is 0 Å². The number of halogens is 2. The van der Waals surface area contributed by atoms with E-state index in [0.29, 0.717) is 21.6 Å². The Labute approximate surface area is 145 Å². The predicted molar refractivity (Wildman–Crippen MR) is 94.6 cm³/mol. The van der Waals surface area contributed by atoms with Gasteiger partial charge in [0, 0.05) is 24.7 Å². The second-order valence-corrected chi connectivity index (χ2v) is 5.96. The molecule has 122 valence electrons. The molecule has 1 amide bonds. The molecule has 0 fully saturated rings. The number of anilines is 2. The molecule has 1 aromatic carbocycles. The summed E-state index contributed by atoms with van der Waals surface area (Å²) in [6.45, 7) is 3.00. The molecule has 0 saturated heterocycles. The summed E-state index contributed by atoms with van der Waals surface area (Å²) < 4.78 is 0. The molecule has 0 unspecified atom stereocenters. The zero-order valence-electron chi connectivity index (χ0n) is 13.0. The van der Waals surface area contributed by atoms with Crippen molar-refractivity contribution in [3.05, 3.63) is 46.3 Å². The predicted octanol–water partition coefficient (Wildman–Crippen LogP) is 4.27. The fourth-order valence-electron chi connectivity index (χ4n) is 1.97. The molecular formula is C16H18Cl2N4O. The number of hydrogen-bond acceptors (Lipinski definition) is 4. The Hall–Kier alpha value is -1.85. The van der Waals surface area contributed by atoms with Crippen molar-refractivity contribution in [2.75, 3.05) is 23.8 Å². The van der Waals surface area contributed by atoms with E-state index in [1.54, 1.807) is 24.3 Å². The van der Waals surface area contributed by atoms with Gasteiger partial charge in [-0.05, 0) is 24.6 Å². The first kappa shape index (κ1) is 17.5. The molecular weight excluding hydrogens is 335 g/mol. The van der Waals surface area contributed by atoms with E-state index in [9.17, 15) is 4.79 Å². The van der Waals surface area contributed by atoms with Crippen molar-refractivity contribution in [2.24, 2.45) is 0 Å². The molecule has 0 atom stereocenters. The third-order valence-electron chi connectivity index (χ3n) is 3.30. The largest absolute Gasteiger partial charge is 0.360 e. The second kappa shape index (κ2) is 8.13. The van der Waals surface area contributed by atoms with Crippen molar-refractivity contribution in [3.63, 3.8) is 0 Å². The fourth-order valence-corrected chi connectivity index (χ4v) is 2.42. The van der Waals surface area contributed by atoms with Crippen LogP contribution in [0.2, 0.25) is 10.0 Å². The Morgan fingerprint density at radius 2 is 2.04 bits per heavy atom. The SMILES string of the molecule is CCCCN(C)c1cc(C(=O)Nc2ccc(Cl)cc2Cl)ncn1. The van der Waals surface area contributed by atoms with Gasteiger partial charge in [0.1, 0.15) is 17.8 Å². The summed E-state index contributed by atoms with van der Waals surface area (Å²) in [5.74, 6) is 0.363. The number of amides is 1. The van der Waals surface area contributed by atoms with E-state index in [1.165, 1.54) is 6.33 Å².